The second kappa shape index (κ2) is 9.00. The van der Waals surface area contributed by atoms with Crippen molar-refractivity contribution in [1.29, 1.82) is 5.26 Å². The molecule has 2 aromatic rings. The summed E-state index contributed by atoms with van der Waals surface area (Å²) in [6.45, 7) is 5.26. The number of alkyl carbamates (subject to hydrolysis) is 1. The first-order valence-corrected chi connectivity index (χ1v) is 8.67. The number of hydrogen-bond donors (Lipinski definition) is 1. The highest BCUT2D eigenvalue weighted by atomic mass is 19.1. The number of carbonyl (C=O) groups is 1. The molecule has 0 aliphatic carbocycles. The third kappa shape index (κ3) is 6.95. The Bertz CT molecular complexity index is 831. The molecule has 0 bridgehead atoms. The molecule has 1 atom stereocenters. The molecule has 0 radical (unpaired) electrons. The monoisotopic (exact) mass is 366 g/mol. The Morgan fingerprint density at radius 2 is 1.81 bits per heavy atom. The molecular weight excluding hydrogens is 343 g/mol. The van der Waals surface area contributed by atoms with Gasteiger partial charge in [-0.3, -0.25) is 0 Å². The van der Waals surface area contributed by atoms with Gasteiger partial charge in [-0.15, -0.1) is 0 Å². The SMILES string of the molecule is CC(C)(C)OC(=O)NC(Cc1ccccc1)/C(F)=C/c1ccc(C#N)cc1. The van der Waals surface area contributed by atoms with E-state index in [0.29, 0.717) is 17.5 Å². The van der Waals surface area contributed by atoms with E-state index in [1.165, 1.54) is 6.08 Å². The molecule has 0 aliphatic heterocycles. The summed E-state index contributed by atoms with van der Waals surface area (Å²) in [4.78, 5) is 12.1. The van der Waals surface area contributed by atoms with Crippen LogP contribution in [-0.2, 0) is 11.2 Å². The van der Waals surface area contributed by atoms with E-state index in [0.717, 1.165) is 5.56 Å². The molecule has 0 saturated heterocycles. The van der Waals surface area contributed by atoms with Crippen LogP contribution in [0.5, 0.6) is 0 Å². The van der Waals surface area contributed by atoms with Gasteiger partial charge in [-0.1, -0.05) is 42.5 Å². The van der Waals surface area contributed by atoms with E-state index in [2.05, 4.69) is 5.32 Å². The van der Waals surface area contributed by atoms with Gasteiger partial charge in [0.05, 0.1) is 17.7 Å². The summed E-state index contributed by atoms with van der Waals surface area (Å²) in [5.74, 6) is -0.491. The summed E-state index contributed by atoms with van der Waals surface area (Å²) < 4.78 is 20.2. The Hall–Kier alpha value is -3.13. The number of nitrogens with one attached hydrogen (secondary N) is 1. The van der Waals surface area contributed by atoms with E-state index < -0.39 is 23.6 Å². The lowest BCUT2D eigenvalue weighted by Gasteiger charge is -2.23. The third-order valence-electron chi connectivity index (χ3n) is 3.65. The molecule has 0 spiro atoms. The lowest BCUT2D eigenvalue weighted by molar-refractivity contribution is 0.0507. The first kappa shape index (κ1) is 20.2. The molecule has 140 valence electrons. The van der Waals surface area contributed by atoms with Gasteiger partial charge in [-0.05, 0) is 56.5 Å². The fourth-order valence-electron chi connectivity index (χ4n) is 2.43. The Balaban J connectivity index is 2.22. The minimum absolute atomic E-state index is 0.290. The van der Waals surface area contributed by atoms with Crippen LogP contribution in [0.2, 0.25) is 0 Å². The van der Waals surface area contributed by atoms with Crippen LogP contribution in [0.1, 0.15) is 37.5 Å². The zero-order valence-electron chi connectivity index (χ0n) is 15.7. The van der Waals surface area contributed by atoms with Crippen LogP contribution in [0.15, 0.2) is 60.4 Å². The molecule has 27 heavy (non-hydrogen) atoms. The molecule has 2 aromatic carbocycles. The van der Waals surface area contributed by atoms with Gasteiger partial charge >= 0.3 is 6.09 Å². The first-order valence-electron chi connectivity index (χ1n) is 8.67. The Labute approximate surface area is 159 Å². The van der Waals surface area contributed by atoms with Gasteiger partial charge in [-0.25, -0.2) is 9.18 Å². The fraction of sp³-hybridized carbons (Fsp3) is 0.273. The summed E-state index contributed by atoms with van der Waals surface area (Å²) in [6, 6.07) is 17.1. The molecule has 1 unspecified atom stereocenters. The van der Waals surface area contributed by atoms with Crippen molar-refractivity contribution >= 4 is 12.2 Å². The second-order valence-corrected chi connectivity index (χ2v) is 7.15. The molecule has 5 heteroatoms. The highest BCUT2D eigenvalue weighted by molar-refractivity contribution is 5.69. The van der Waals surface area contributed by atoms with Crippen LogP contribution in [0.25, 0.3) is 6.08 Å². The number of rotatable bonds is 5. The Morgan fingerprint density at radius 3 is 2.37 bits per heavy atom. The standard InChI is InChI=1S/C22H23FN2O2/c1-22(2,3)27-21(26)25-20(14-16-7-5-4-6-8-16)19(23)13-17-9-11-18(15-24)12-10-17/h4-13,20H,14H2,1-3H3,(H,25,26)/b19-13-. The zero-order chi connectivity index (χ0) is 19.9. The number of amides is 1. The van der Waals surface area contributed by atoms with Crippen molar-refractivity contribution in [1.82, 2.24) is 5.32 Å². The van der Waals surface area contributed by atoms with Crippen molar-refractivity contribution in [3.63, 3.8) is 0 Å². The predicted octanol–water partition coefficient (Wildman–Crippen LogP) is 5.00. The maximum atomic E-state index is 14.9. The lowest BCUT2D eigenvalue weighted by Crippen LogP contribution is -2.40. The average molecular weight is 366 g/mol. The van der Waals surface area contributed by atoms with E-state index >= 15 is 0 Å². The van der Waals surface area contributed by atoms with Gasteiger partial charge in [0.2, 0.25) is 0 Å². The smallest absolute Gasteiger partial charge is 0.408 e. The largest absolute Gasteiger partial charge is 0.444 e. The van der Waals surface area contributed by atoms with Crippen LogP contribution >= 0.6 is 0 Å². The normalized spacial score (nSPS) is 12.8. The predicted molar refractivity (Wildman–Crippen MR) is 104 cm³/mol. The zero-order valence-corrected chi connectivity index (χ0v) is 15.7. The van der Waals surface area contributed by atoms with E-state index in [9.17, 15) is 9.18 Å². The minimum Gasteiger partial charge on any atom is -0.444 e. The number of nitriles is 1. The molecule has 2 rings (SSSR count). The summed E-state index contributed by atoms with van der Waals surface area (Å²) in [6.07, 6.45) is 0.969. The van der Waals surface area contributed by atoms with E-state index in [4.69, 9.17) is 10.00 Å². The maximum absolute atomic E-state index is 14.9. The van der Waals surface area contributed by atoms with Crippen LogP contribution in [0.4, 0.5) is 9.18 Å². The topological polar surface area (TPSA) is 62.1 Å². The minimum atomic E-state index is -0.863. The van der Waals surface area contributed by atoms with E-state index in [-0.39, 0.29) is 0 Å². The first-order chi connectivity index (χ1) is 12.8. The van der Waals surface area contributed by atoms with Crippen molar-refractivity contribution in [3.05, 3.63) is 77.1 Å². The highest BCUT2D eigenvalue weighted by Crippen LogP contribution is 2.17. The summed E-state index contributed by atoms with van der Waals surface area (Å²) in [7, 11) is 0. The molecule has 0 aromatic heterocycles. The highest BCUT2D eigenvalue weighted by Gasteiger charge is 2.22. The van der Waals surface area contributed by atoms with Crippen LogP contribution < -0.4 is 5.32 Å². The number of ether oxygens (including phenoxy) is 1. The summed E-state index contributed by atoms with van der Waals surface area (Å²) in [5.41, 5.74) is 1.33. The quantitative estimate of drug-likeness (QED) is 0.809. The van der Waals surface area contributed by atoms with E-state index in [1.807, 2.05) is 36.4 Å². The van der Waals surface area contributed by atoms with E-state index in [1.54, 1.807) is 45.0 Å². The van der Waals surface area contributed by atoms with Gasteiger partial charge in [0.1, 0.15) is 11.4 Å². The van der Waals surface area contributed by atoms with Gasteiger partial charge < -0.3 is 10.1 Å². The molecule has 1 amide bonds. The van der Waals surface area contributed by atoms with Gasteiger partial charge in [-0.2, -0.15) is 5.26 Å². The summed E-state index contributed by atoms with van der Waals surface area (Å²) in [5, 5.41) is 11.5. The van der Waals surface area contributed by atoms with Crippen molar-refractivity contribution < 1.29 is 13.9 Å². The number of halogens is 1. The molecule has 0 heterocycles. The van der Waals surface area contributed by atoms with Crippen LogP contribution in [0, 0.1) is 11.3 Å². The maximum Gasteiger partial charge on any atom is 0.408 e. The molecule has 0 saturated carbocycles. The number of hydrogen-bond acceptors (Lipinski definition) is 3. The molecule has 0 aliphatic rings. The van der Waals surface area contributed by atoms with Gasteiger partial charge in [0.25, 0.3) is 0 Å². The number of benzene rings is 2. The average Bonchev–Trinajstić information content (AvgIpc) is 2.61. The molecule has 1 N–H and O–H groups in total. The Kier molecular flexibility index (Phi) is 6.73. The number of nitrogens with zero attached hydrogens (tertiary/aromatic N) is 1. The van der Waals surface area contributed by atoms with Crippen molar-refractivity contribution in [2.24, 2.45) is 0 Å². The Morgan fingerprint density at radius 1 is 1.19 bits per heavy atom. The van der Waals surface area contributed by atoms with Crippen molar-refractivity contribution in [2.75, 3.05) is 0 Å². The fourth-order valence-corrected chi connectivity index (χ4v) is 2.43. The lowest BCUT2D eigenvalue weighted by atomic mass is 10.0. The second-order valence-electron chi connectivity index (χ2n) is 7.15. The molecule has 0 fully saturated rings. The summed E-state index contributed by atoms with van der Waals surface area (Å²) >= 11 is 0. The third-order valence-corrected chi connectivity index (χ3v) is 3.65. The van der Waals surface area contributed by atoms with Crippen LogP contribution in [0.3, 0.4) is 0 Å². The van der Waals surface area contributed by atoms with Gasteiger partial charge in [0, 0.05) is 0 Å². The number of carbonyl (C=O) groups excluding carboxylic acids is 1. The molecule has 4 nitrogen and oxygen atoms in total. The van der Waals surface area contributed by atoms with Crippen LogP contribution in [-0.4, -0.2) is 17.7 Å². The van der Waals surface area contributed by atoms with Crippen molar-refractivity contribution in [2.45, 2.75) is 38.8 Å². The van der Waals surface area contributed by atoms with Gasteiger partial charge in [0.15, 0.2) is 0 Å². The molecular formula is C22H23FN2O2. The van der Waals surface area contributed by atoms with Crippen molar-refractivity contribution in [3.8, 4) is 6.07 Å².